The van der Waals surface area contributed by atoms with Gasteiger partial charge in [-0.25, -0.2) is 4.98 Å². The van der Waals surface area contributed by atoms with E-state index in [1.165, 1.54) is 44.9 Å². The van der Waals surface area contributed by atoms with Crippen molar-refractivity contribution in [3.8, 4) is 0 Å². The summed E-state index contributed by atoms with van der Waals surface area (Å²) in [5, 5.41) is 4.71. The summed E-state index contributed by atoms with van der Waals surface area (Å²) in [7, 11) is 1.83. The normalized spacial score (nSPS) is 20.1. The average molecular weight is 301 g/mol. The Bertz CT molecular complexity index is 724. The van der Waals surface area contributed by atoms with Gasteiger partial charge in [0.1, 0.15) is 11.2 Å². The first-order chi connectivity index (χ1) is 10.7. The maximum absolute atomic E-state index is 12.2. The maximum Gasteiger partial charge on any atom is 0.262 e. The molecule has 4 rings (SSSR count). The van der Waals surface area contributed by atoms with Crippen LogP contribution in [0.5, 0.6) is 0 Å². The highest BCUT2D eigenvalue weighted by molar-refractivity contribution is 5.72. The quantitative estimate of drug-likeness (QED) is 0.937. The van der Waals surface area contributed by atoms with Crippen LogP contribution in [0.25, 0.3) is 11.0 Å². The van der Waals surface area contributed by atoms with Crippen molar-refractivity contribution < 1.29 is 0 Å². The molecule has 0 aromatic carbocycles. The van der Waals surface area contributed by atoms with Crippen LogP contribution in [0.4, 0.5) is 0 Å². The molecule has 0 amide bonds. The number of fused-ring (bicyclic) bond motifs is 1. The van der Waals surface area contributed by atoms with Crippen LogP contribution in [0.15, 0.2) is 11.0 Å². The number of hydrogen-bond donors (Lipinski definition) is 1. The van der Waals surface area contributed by atoms with Crippen molar-refractivity contribution in [2.24, 2.45) is 7.05 Å². The van der Waals surface area contributed by atoms with E-state index in [9.17, 15) is 4.79 Å². The highest BCUT2D eigenvalue weighted by atomic mass is 16.1. The second-order valence-electron chi connectivity index (χ2n) is 6.71. The Morgan fingerprint density at radius 2 is 1.95 bits per heavy atom. The number of H-pyrrole nitrogens is 1. The SMILES string of the molecule is Cn1ncc2c(=O)[nH]c(CN(C3CCCCC3)C3CC3)nc21. The Balaban J connectivity index is 1.62. The summed E-state index contributed by atoms with van der Waals surface area (Å²) in [4.78, 5) is 22.4. The molecule has 2 aliphatic carbocycles. The Morgan fingerprint density at radius 1 is 1.23 bits per heavy atom. The van der Waals surface area contributed by atoms with Crippen molar-refractivity contribution in [1.29, 1.82) is 0 Å². The lowest BCUT2D eigenvalue weighted by atomic mass is 9.94. The van der Waals surface area contributed by atoms with Gasteiger partial charge in [0.2, 0.25) is 0 Å². The van der Waals surface area contributed by atoms with Gasteiger partial charge in [-0.05, 0) is 25.7 Å². The van der Waals surface area contributed by atoms with Crippen LogP contribution in [0.3, 0.4) is 0 Å². The minimum absolute atomic E-state index is 0.0764. The van der Waals surface area contributed by atoms with E-state index in [2.05, 4.69) is 20.0 Å². The topological polar surface area (TPSA) is 66.8 Å². The van der Waals surface area contributed by atoms with Gasteiger partial charge in [0.05, 0.1) is 12.7 Å². The van der Waals surface area contributed by atoms with E-state index in [0.717, 1.165) is 12.4 Å². The van der Waals surface area contributed by atoms with Crippen molar-refractivity contribution in [3.05, 3.63) is 22.4 Å². The molecule has 22 heavy (non-hydrogen) atoms. The first-order valence-corrected chi connectivity index (χ1v) is 8.39. The molecule has 0 bridgehead atoms. The van der Waals surface area contributed by atoms with Gasteiger partial charge in [-0.1, -0.05) is 19.3 Å². The summed E-state index contributed by atoms with van der Waals surface area (Å²) in [6.07, 6.45) is 10.8. The molecule has 118 valence electrons. The molecule has 2 aromatic heterocycles. The molecular weight excluding hydrogens is 278 g/mol. The van der Waals surface area contributed by atoms with Crippen molar-refractivity contribution in [1.82, 2.24) is 24.6 Å². The second-order valence-corrected chi connectivity index (χ2v) is 6.71. The molecule has 2 fully saturated rings. The van der Waals surface area contributed by atoms with Crippen molar-refractivity contribution in [2.45, 2.75) is 63.6 Å². The van der Waals surface area contributed by atoms with Crippen LogP contribution in [-0.2, 0) is 13.6 Å². The number of aromatic nitrogens is 4. The van der Waals surface area contributed by atoms with Crippen molar-refractivity contribution in [3.63, 3.8) is 0 Å². The summed E-state index contributed by atoms with van der Waals surface area (Å²) in [6, 6.07) is 1.35. The summed E-state index contributed by atoms with van der Waals surface area (Å²) >= 11 is 0. The van der Waals surface area contributed by atoms with E-state index in [1.54, 1.807) is 10.9 Å². The summed E-state index contributed by atoms with van der Waals surface area (Å²) < 4.78 is 1.68. The fourth-order valence-electron chi connectivity index (χ4n) is 3.70. The standard InChI is InChI=1S/C16H23N5O/c1-20-15-13(9-17-20)16(22)19-14(18-15)10-21(12-7-8-12)11-5-3-2-4-6-11/h9,11-12H,2-8,10H2,1H3,(H,18,19,22). The zero-order valence-corrected chi connectivity index (χ0v) is 13.1. The maximum atomic E-state index is 12.2. The summed E-state index contributed by atoms with van der Waals surface area (Å²) in [5.41, 5.74) is 0.602. The fourth-order valence-corrected chi connectivity index (χ4v) is 3.70. The average Bonchev–Trinajstić information content (AvgIpc) is 3.30. The monoisotopic (exact) mass is 301 g/mol. The smallest absolute Gasteiger partial charge is 0.262 e. The van der Waals surface area contributed by atoms with Crippen molar-refractivity contribution in [2.75, 3.05) is 0 Å². The molecule has 0 saturated heterocycles. The first-order valence-electron chi connectivity index (χ1n) is 8.39. The van der Waals surface area contributed by atoms with Gasteiger partial charge in [0, 0.05) is 19.1 Å². The number of aryl methyl sites for hydroxylation is 1. The summed E-state index contributed by atoms with van der Waals surface area (Å²) in [5.74, 6) is 0.776. The van der Waals surface area contributed by atoms with E-state index >= 15 is 0 Å². The number of nitrogens with one attached hydrogen (secondary N) is 1. The third kappa shape index (κ3) is 2.56. The molecule has 2 heterocycles. The van der Waals surface area contributed by atoms with Gasteiger partial charge >= 0.3 is 0 Å². The molecule has 2 saturated carbocycles. The minimum Gasteiger partial charge on any atom is -0.309 e. The molecule has 0 unspecified atom stereocenters. The Hall–Kier alpha value is -1.69. The molecule has 6 nitrogen and oxygen atoms in total. The van der Waals surface area contributed by atoms with Gasteiger partial charge in [-0.15, -0.1) is 0 Å². The molecule has 0 spiro atoms. The molecule has 2 aliphatic rings. The van der Waals surface area contributed by atoms with Gasteiger partial charge in [-0.3, -0.25) is 14.4 Å². The third-order valence-electron chi connectivity index (χ3n) is 5.04. The summed E-state index contributed by atoms with van der Waals surface area (Å²) in [6.45, 7) is 0.756. The van der Waals surface area contributed by atoms with Gasteiger partial charge in [-0.2, -0.15) is 5.10 Å². The van der Waals surface area contributed by atoms with Crippen LogP contribution in [0.2, 0.25) is 0 Å². The zero-order chi connectivity index (χ0) is 15.1. The van der Waals surface area contributed by atoms with E-state index in [0.29, 0.717) is 23.1 Å². The van der Waals surface area contributed by atoms with Gasteiger partial charge in [0.25, 0.3) is 5.56 Å². The zero-order valence-electron chi connectivity index (χ0n) is 13.1. The number of rotatable bonds is 4. The highest BCUT2D eigenvalue weighted by Gasteiger charge is 2.34. The number of hydrogen-bond acceptors (Lipinski definition) is 4. The Kier molecular flexibility index (Phi) is 3.48. The van der Waals surface area contributed by atoms with Gasteiger partial charge < -0.3 is 4.98 Å². The number of aromatic amines is 1. The highest BCUT2D eigenvalue weighted by Crippen LogP contribution is 2.34. The molecule has 2 aromatic rings. The first kappa shape index (κ1) is 13.9. The van der Waals surface area contributed by atoms with E-state index < -0.39 is 0 Å². The van der Waals surface area contributed by atoms with E-state index in [1.807, 2.05) is 7.05 Å². The Labute approximate surface area is 129 Å². The van der Waals surface area contributed by atoms with Crippen LogP contribution in [0.1, 0.15) is 50.8 Å². The van der Waals surface area contributed by atoms with Gasteiger partial charge in [0.15, 0.2) is 5.65 Å². The van der Waals surface area contributed by atoms with Crippen LogP contribution in [-0.4, -0.2) is 36.7 Å². The second kappa shape index (κ2) is 5.50. The lowest BCUT2D eigenvalue weighted by Crippen LogP contribution is -2.38. The molecule has 1 N–H and O–H groups in total. The lowest BCUT2D eigenvalue weighted by Gasteiger charge is -2.34. The lowest BCUT2D eigenvalue weighted by molar-refractivity contribution is 0.135. The third-order valence-corrected chi connectivity index (χ3v) is 5.04. The number of nitrogens with zero attached hydrogens (tertiary/aromatic N) is 4. The molecule has 0 aliphatic heterocycles. The molecule has 0 atom stereocenters. The largest absolute Gasteiger partial charge is 0.309 e. The molecule has 0 radical (unpaired) electrons. The van der Waals surface area contributed by atoms with Crippen molar-refractivity contribution >= 4 is 11.0 Å². The van der Waals surface area contributed by atoms with E-state index in [4.69, 9.17) is 0 Å². The molecule has 6 heteroatoms. The van der Waals surface area contributed by atoms with Crippen LogP contribution < -0.4 is 5.56 Å². The van der Waals surface area contributed by atoms with Crippen LogP contribution >= 0.6 is 0 Å². The van der Waals surface area contributed by atoms with E-state index in [-0.39, 0.29) is 5.56 Å². The molecular formula is C16H23N5O. The predicted molar refractivity (Wildman–Crippen MR) is 84.6 cm³/mol. The fraction of sp³-hybridized carbons (Fsp3) is 0.688. The van der Waals surface area contributed by atoms with Crippen LogP contribution in [0, 0.1) is 0 Å². The minimum atomic E-state index is -0.0764. The Morgan fingerprint density at radius 3 is 2.68 bits per heavy atom. The predicted octanol–water partition coefficient (Wildman–Crippen LogP) is 1.95.